The summed E-state index contributed by atoms with van der Waals surface area (Å²) in [7, 11) is 0. The van der Waals surface area contributed by atoms with E-state index in [9.17, 15) is 0 Å². The average molecular weight is 327 g/mol. The zero-order chi connectivity index (χ0) is 15.9. The molecule has 0 radical (unpaired) electrons. The van der Waals surface area contributed by atoms with Crippen molar-refractivity contribution in [1.29, 1.82) is 0 Å². The van der Waals surface area contributed by atoms with E-state index in [0.29, 0.717) is 12.5 Å². The van der Waals surface area contributed by atoms with Crippen LogP contribution in [0, 0.1) is 0 Å². The van der Waals surface area contributed by atoms with Gasteiger partial charge < -0.3 is 16.0 Å². The molecule has 0 fully saturated rings. The van der Waals surface area contributed by atoms with Crippen molar-refractivity contribution in [2.75, 3.05) is 13.1 Å². The summed E-state index contributed by atoms with van der Waals surface area (Å²) >= 11 is 1.76. The number of aromatic amines is 1. The Balaban J connectivity index is 1.37. The zero-order valence-electron chi connectivity index (χ0n) is 13.0. The fraction of sp³-hybridized carbons (Fsp3) is 0.294. The van der Waals surface area contributed by atoms with Crippen LogP contribution in [0.4, 0.5) is 0 Å². The number of hydrogen-bond donors (Lipinski definition) is 3. The molecule has 0 bridgehead atoms. The van der Waals surface area contributed by atoms with Crippen molar-refractivity contribution < 1.29 is 0 Å². The van der Waals surface area contributed by atoms with Crippen LogP contribution >= 0.6 is 11.3 Å². The topological polar surface area (TPSA) is 79.1 Å². The Bertz CT molecular complexity index is 727. The molecule has 0 aliphatic carbocycles. The SMILES string of the molecule is NC(=NCCCc1nc2ccccc2[nH]1)NCCc1cccs1. The number of H-pyrrole nitrogens is 1. The monoisotopic (exact) mass is 327 g/mol. The van der Waals surface area contributed by atoms with Gasteiger partial charge in [-0.2, -0.15) is 0 Å². The summed E-state index contributed by atoms with van der Waals surface area (Å²) in [4.78, 5) is 13.6. The summed E-state index contributed by atoms with van der Waals surface area (Å²) in [5.74, 6) is 1.52. The van der Waals surface area contributed by atoms with E-state index < -0.39 is 0 Å². The first-order chi connectivity index (χ1) is 11.3. The van der Waals surface area contributed by atoms with Crippen molar-refractivity contribution >= 4 is 28.3 Å². The second-order valence-electron chi connectivity index (χ2n) is 5.33. The number of aryl methyl sites for hydroxylation is 1. The van der Waals surface area contributed by atoms with E-state index >= 15 is 0 Å². The Morgan fingerprint density at radius 2 is 2.13 bits per heavy atom. The fourth-order valence-electron chi connectivity index (χ4n) is 2.39. The lowest BCUT2D eigenvalue weighted by Gasteiger charge is -2.04. The van der Waals surface area contributed by atoms with Gasteiger partial charge in [0.05, 0.1) is 11.0 Å². The first-order valence-electron chi connectivity index (χ1n) is 7.81. The number of para-hydroxylation sites is 2. The second-order valence-corrected chi connectivity index (χ2v) is 6.36. The predicted molar refractivity (Wildman–Crippen MR) is 96.9 cm³/mol. The number of guanidine groups is 1. The molecule has 0 saturated heterocycles. The van der Waals surface area contributed by atoms with Gasteiger partial charge in [-0.25, -0.2) is 4.98 Å². The summed E-state index contributed by atoms with van der Waals surface area (Å²) in [6.45, 7) is 1.52. The molecule has 5 nitrogen and oxygen atoms in total. The van der Waals surface area contributed by atoms with Crippen LogP contribution in [0.5, 0.6) is 0 Å². The molecule has 0 unspecified atom stereocenters. The highest BCUT2D eigenvalue weighted by Crippen LogP contribution is 2.11. The lowest BCUT2D eigenvalue weighted by molar-refractivity contribution is 0.785. The van der Waals surface area contributed by atoms with E-state index in [1.165, 1.54) is 4.88 Å². The number of fused-ring (bicyclic) bond motifs is 1. The number of thiophene rings is 1. The van der Waals surface area contributed by atoms with Gasteiger partial charge in [0.1, 0.15) is 5.82 Å². The number of rotatable bonds is 7. The minimum Gasteiger partial charge on any atom is -0.370 e. The van der Waals surface area contributed by atoms with Crippen LogP contribution in [0.25, 0.3) is 11.0 Å². The largest absolute Gasteiger partial charge is 0.370 e. The van der Waals surface area contributed by atoms with Gasteiger partial charge in [-0.3, -0.25) is 4.99 Å². The van der Waals surface area contributed by atoms with Crippen molar-refractivity contribution in [3.63, 3.8) is 0 Å². The molecule has 120 valence electrons. The third kappa shape index (κ3) is 4.56. The lowest BCUT2D eigenvalue weighted by Crippen LogP contribution is -2.33. The predicted octanol–water partition coefficient (Wildman–Crippen LogP) is 2.70. The number of nitrogens with zero attached hydrogens (tertiary/aromatic N) is 2. The minimum atomic E-state index is 0.520. The quantitative estimate of drug-likeness (QED) is 0.355. The minimum absolute atomic E-state index is 0.520. The molecular formula is C17H21N5S. The van der Waals surface area contributed by atoms with Crippen LogP contribution in [0.1, 0.15) is 17.1 Å². The van der Waals surface area contributed by atoms with Crippen LogP contribution in [0.3, 0.4) is 0 Å². The normalized spacial score (nSPS) is 11.9. The van der Waals surface area contributed by atoms with Gasteiger partial charge in [-0.1, -0.05) is 18.2 Å². The maximum atomic E-state index is 5.87. The standard InChI is InChI=1S/C17H21N5S/c18-17(20-11-9-13-5-4-12-23-13)19-10-3-8-16-21-14-6-1-2-7-15(14)22-16/h1-2,4-7,12H,3,8-11H2,(H,21,22)(H3,18,19,20). The van der Waals surface area contributed by atoms with Gasteiger partial charge in [-0.05, 0) is 36.4 Å². The van der Waals surface area contributed by atoms with E-state index in [2.05, 4.69) is 37.8 Å². The Kier molecular flexibility index (Phi) is 5.26. The highest BCUT2D eigenvalue weighted by atomic mass is 32.1. The van der Waals surface area contributed by atoms with Gasteiger partial charge in [0.2, 0.25) is 0 Å². The van der Waals surface area contributed by atoms with Crippen LogP contribution in [-0.2, 0) is 12.8 Å². The Hall–Kier alpha value is -2.34. The second kappa shape index (κ2) is 7.78. The smallest absolute Gasteiger partial charge is 0.188 e. The van der Waals surface area contributed by atoms with Crippen LogP contribution in [0.2, 0.25) is 0 Å². The van der Waals surface area contributed by atoms with Crippen molar-refractivity contribution in [3.8, 4) is 0 Å². The molecule has 0 atom stereocenters. The van der Waals surface area contributed by atoms with Crippen LogP contribution < -0.4 is 11.1 Å². The molecular weight excluding hydrogens is 306 g/mol. The summed E-state index contributed by atoms with van der Waals surface area (Å²) < 4.78 is 0. The number of aromatic nitrogens is 2. The molecule has 1 aromatic carbocycles. The fourth-order valence-corrected chi connectivity index (χ4v) is 3.10. The molecule has 0 amide bonds. The highest BCUT2D eigenvalue weighted by Gasteiger charge is 2.01. The first kappa shape index (κ1) is 15.6. The van der Waals surface area contributed by atoms with E-state index in [4.69, 9.17) is 5.73 Å². The van der Waals surface area contributed by atoms with Crippen LogP contribution in [-0.4, -0.2) is 29.0 Å². The molecule has 23 heavy (non-hydrogen) atoms. The summed E-state index contributed by atoms with van der Waals surface area (Å²) in [6, 6.07) is 12.3. The average Bonchev–Trinajstić information content (AvgIpc) is 3.20. The van der Waals surface area contributed by atoms with Gasteiger partial charge in [0.15, 0.2) is 5.96 Å². The molecule has 0 aliphatic rings. The molecule has 0 spiro atoms. The third-order valence-electron chi connectivity index (χ3n) is 3.55. The number of nitrogens with one attached hydrogen (secondary N) is 2. The molecule has 3 rings (SSSR count). The van der Waals surface area contributed by atoms with Crippen LogP contribution in [0.15, 0.2) is 46.8 Å². The van der Waals surface area contributed by atoms with E-state index in [1.807, 2.05) is 24.3 Å². The summed E-state index contributed by atoms with van der Waals surface area (Å²) in [6.07, 6.45) is 2.78. The number of nitrogens with two attached hydrogens (primary N) is 1. The van der Waals surface area contributed by atoms with Gasteiger partial charge in [0.25, 0.3) is 0 Å². The number of hydrogen-bond acceptors (Lipinski definition) is 3. The maximum Gasteiger partial charge on any atom is 0.188 e. The van der Waals surface area contributed by atoms with E-state index in [-0.39, 0.29) is 0 Å². The molecule has 2 aromatic heterocycles. The van der Waals surface area contributed by atoms with Gasteiger partial charge in [0, 0.05) is 24.4 Å². The molecule has 3 aromatic rings. The molecule has 2 heterocycles. The molecule has 6 heteroatoms. The number of benzene rings is 1. The van der Waals surface area contributed by atoms with Crippen molar-refractivity contribution in [1.82, 2.24) is 15.3 Å². The third-order valence-corrected chi connectivity index (χ3v) is 4.49. The lowest BCUT2D eigenvalue weighted by atomic mass is 10.3. The van der Waals surface area contributed by atoms with Gasteiger partial charge in [-0.15, -0.1) is 11.3 Å². The van der Waals surface area contributed by atoms with Crippen molar-refractivity contribution in [2.24, 2.45) is 10.7 Å². The molecule has 4 N–H and O–H groups in total. The summed E-state index contributed by atoms with van der Waals surface area (Å²) in [5.41, 5.74) is 7.97. The van der Waals surface area contributed by atoms with Crippen molar-refractivity contribution in [2.45, 2.75) is 19.3 Å². The molecule has 0 aliphatic heterocycles. The zero-order valence-corrected chi connectivity index (χ0v) is 13.8. The highest BCUT2D eigenvalue weighted by molar-refractivity contribution is 7.09. The van der Waals surface area contributed by atoms with Crippen molar-refractivity contribution in [3.05, 3.63) is 52.5 Å². The Morgan fingerprint density at radius 1 is 1.22 bits per heavy atom. The summed E-state index contributed by atoms with van der Waals surface area (Å²) in [5, 5.41) is 5.24. The van der Waals surface area contributed by atoms with E-state index in [0.717, 1.165) is 42.7 Å². The number of aliphatic imine (C=N–C) groups is 1. The van der Waals surface area contributed by atoms with Gasteiger partial charge >= 0.3 is 0 Å². The number of imidazole rings is 1. The Labute approximate surface area is 139 Å². The maximum absolute atomic E-state index is 5.87. The van der Waals surface area contributed by atoms with E-state index in [1.54, 1.807) is 11.3 Å². The first-order valence-corrected chi connectivity index (χ1v) is 8.69. The Morgan fingerprint density at radius 3 is 2.96 bits per heavy atom. The molecule has 0 saturated carbocycles.